The summed E-state index contributed by atoms with van der Waals surface area (Å²) < 4.78 is 12.1. The van der Waals surface area contributed by atoms with Crippen LogP contribution in [0.2, 0.25) is 0 Å². The van der Waals surface area contributed by atoms with Crippen molar-refractivity contribution in [1.29, 1.82) is 0 Å². The zero-order valence-corrected chi connectivity index (χ0v) is 17.3. The molecular formula is C23H25N3O4. The highest BCUT2D eigenvalue weighted by molar-refractivity contribution is 5.90. The van der Waals surface area contributed by atoms with Crippen LogP contribution >= 0.6 is 0 Å². The lowest BCUT2D eigenvalue weighted by Crippen LogP contribution is -2.18. The monoisotopic (exact) mass is 407 g/mol. The zero-order chi connectivity index (χ0) is 21.5. The van der Waals surface area contributed by atoms with E-state index in [4.69, 9.17) is 9.47 Å². The standard InChI is InChI=1S/C23H25N3O4/c1-4-29-21(27)14-17-10-12-19(13-11-17)20-15-24-26(3)22(20)25-23(28)30-16(2)18-8-6-5-7-9-18/h5-13,15-16H,4,14H2,1-3H3,(H,25,28)/t16-/m1/s1. The van der Waals surface area contributed by atoms with Gasteiger partial charge in [0.2, 0.25) is 0 Å². The Morgan fingerprint density at radius 3 is 2.47 bits per heavy atom. The third-order valence-electron chi connectivity index (χ3n) is 4.63. The maximum absolute atomic E-state index is 12.4. The minimum Gasteiger partial charge on any atom is -0.466 e. The molecule has 0 unspecified atom stereocenters. The van der Waals surface area contributed by atoms with Crippen molar-refractivity contribution in [2.75, 3.05) is 11.9 Å². The molecule has 1 aromatic heterocycles. The predicted octanol–water partition coefficient (Wildman–Crippen LogP) is 4.50. The number of hydrogen-bond donors (Lipinski definition) is 1. The molecule has 1 atom stereocenters. The van der Waals surface area contributed by atoms with Crippen LogP contribution in [0.4, 0.5) is 10.6 Å². The second-order valence-corrected chi connectivity index (χ2v) is 6.79. The first-order chi connectivity index (χ1) is 14.5. The van der Waals surface area contributed by atoms with Crippen LogP contribution in [0, 0.1) is 0 Å². The molecule has 1 amide bonds. The van der Waals surface area contributed by atoms with Crippen LogP contribution in [-0.2, 0) is 27.7 Å². The summed E-state index contributed by atoms with van der Waals surface area (Å²) in [5.41, 5.74) is 3.38. The van der Waals surface area contributed by atoms with Crippen LogP contribution in [0.5, 0.6) is 0 Å². The second kappa shape index (κ2) is 9.73. The molecule has 0 aliphatic heterocycles. The fraction of sp³-hybridized carbons (Fsp3) is 0.261. The van der Waals surface area contributed by atoms with Crippen molar-refractivity contribution in [3.8, 4) is 11.1 Å². The van der Waals surface area contributed by atoms with E-state index in [0.717, 1.165) is 22.3 Å². The van der Waals surface area contributed by atoms with Gasteiger partial charge in [0.25, 0.3) is 0 Å². The fourth-order valence-corrected chi connectivity index (χ4v) is 3.06. The maximum Gasteiger partial charge on any atom is 0.413 e. The molecule has 0 aliphatic carbocycles. The summed E-state index contributed by atoms with van der Waals surface area (Å²) >= 11 is 0. The van der Waals surface area contributed by atoms with Gasteiger partial charge in [-0.3, -0.25) is 14.8 Å². The Labute approximate surface area is 175 Å². The number of nitrogens with zero attached hydrogens (tertiary/aromatic N) is 2. The summed E-state index contributed by atoms with van der Waals surface area (Å²) in [5, 5.41) is 7.04. The van der Waals surface area contributed by atoms with Gasteiger partial charge < -0.3 is 9.47 Å². The van der Waals surface area contributed by atoms with E-state index in [1.165, 1.54) is 0 Å². The number of esters is 1. The van der Waals surface area contributed by atoms with Gasteiger partial charge in [0.05, 0.1) is 19.2 Å². The van der Waals surface area contributed by atoms with Crippen molar-refractivity contribution in [2.24, 2.45) is 7.05 Å². The molecule has 0 spiro atoms. The second-order valence-electron chi connectivity index (χ2n) is 6.79. The van der Waals surface area contributed by atoms with E-state index in [0.29, 0.717) is 12.4 Å². The molecule has 156 valence electrons. The third-order valence-corrected chi connectivity index (χ3v) is 4.63. The van der Waals surface area contributed by atoms with Crippen molar-refractivity contribution < 1.29 is 19.1 Å². The average molecular weight is 407 g/mol. The predicted molar refractivity (Wildman–Crippen MR) is 114 cm³/mol. The van der Waals surface area contributed by atoms with Crippen LogP contribution in [-0.4, -0.2) is 28.4 Å². The summed E-state index contributed by atoms with van der Waals surface area (Å²) in [7, 11) is 1.74. The Morgan fingerprint density at radius 1 is 1.10 bits per heavy atom. The van der Waals surface area contributed by atoms with Crippen molar-refractivity contribution in [3.05, 3.63) is 71.9 Å². The number of aryl methyl sites for hydroxylation is 1. The molecule has 2 aromatic carbocycles. The van der Waals surface area contributed by atoms with E-state index in [-0.39, 0.29) is 18.5 Å². The summed E-state index contributed by atoms with van der Waals surface area (Å²) in [4.78, 5) is 24.1. The average Bonchev–Trinajstić information content (AvgIpc) is 3.09. The van der Waals surface area contributed by atoms with Gasteiger partial charge in [-0.2, -0.15) is 5.10 Å². The molecule has 30 heavy (non-hydrogen) atoms. The normalized spacial score (nSPS) is 11.6. The first kappa shape index (κ1) is 21.1. The minimum absolute atomic E-state index is 0.218. The van der Waals surface area contributed by atoms with E-state index < -0.39 is 6.09 Å². The number of ether oxygens (including phenoxy) is 2. The lowest BCUT2D eigenvalue weighted by molar-refractivity contribution is -0.142. The van der Waals surface area contributed by atoms with Gasteiger partial charge in [0.15, 0.2) is 0 Å². The van der Waals surface area contributed by atoms with Crippen molar-refractivity contribution >= 4 is 17.9 Å². The molecule has 0 aliphatic rings. The van der Waals surface area contributed by atoms with Gasteiger partial charge in [-0.1, -0.05) is 54.6 Å². The Balaban J connectivity index is 1.70. The minimum atomic E-state index is -0.560. The number of rotatable bonds is 7. The molecule has 0 saturated heterocycles. The largest absolute Gasteiger partial charge is 0.466 e. The summed E-state index contributed by atoms with van der Waals surface area (Å²) in [6.45, 7) is 3.96. The van der Waals surface area contributed by atoms with Crippen molar-refractivity contribution in [3.63, 3.8) is 0 Å². The zero-order valence-electron chi connectivity index (χ0n) is 17.3. The van der Waals surface area contributed by atoms with Gasteiger partial charge in [-0.15, -0.1) is 0 Å². The van der Waals surface area contributed by atoms with E-state index in [1.807, 2.05) is 61.5 Å². The maximum atomic E-state index is 12.4. The number of anilines is 1. The molecular weight excluding hydrogens is 382 g/mol. The molecule has 0 saturated carbocycles. The Bertz CT molecular complexity index is 997. The summed E-state index contributed by atoms with van der Waals surface area (Å²) in [6.07, 6.45) is 0.951. The number of carbonyl (C=O) groups excluding carboxylic acids is 2. The van der Waals surface area contributed by atoms with Gasteiger partial charge in [0.1, 0.15) is 11.9 Å². The lowest BCUT2D eigenvalue weighted by atomic mass is 10.0. The Kier molecular flexibility index (Phi) is 6.85. The van der Waals surface area contributed by atoms with E-state index in [2.05, 4.69) is 10.4 Å². The first-order valence-electron chi connectivity index (χ1n) is 9.77. The lowest BCUT2D eigenvalue weighted by Gasteiger charge is -2.15. The number of aromatic nitrogens is 2. The Hall–Kier alpha value is -3.61. The number of nitrogens with one attached hydrogen (secondary N) is 1. The third kappa shape index (κ3) is 5.26. The van der Waals surface area contributed by atoms with E-state index in [9.17, 15) is 9.59 Å². The highest BCUT2D eigenvalue weighted by atomic mass is 16.6. The Morgan fingerprint density at radius 2 is 1.80 bits per heavy atom. The highest BCUT2D eigenvalue weighted by Gasteiger charge is 2.17. The van der Waals surface area contributed by atoms with E-state index >= 15 is 0 Å². The number of amides is 1. The molecule has 7 heteroatoms. The van der Waals surface area contributed by atoms with Gasteiger partial charge in [-0.25, -0.2) is 4.79 Å². The number of carbonyl (C=O) groups is 2. The van der Waals surface area contributed by atoms with Crippen LogP contribution < -0.4 is 5.32 Å². The molecule has 7 nitrogen and oxygen atoms in total. The number of benzene rings is 2. The molecule has 0 fully saturated rings. The fourth-order valence-electron chi connectivity index (χ4n) is 3.06. The topological polar surface area (TPSA) is 82.5 Å². The smallest absolute Gasteiger partial charge is 0.413 e. The molecule has 3 aromatic rings. The van der Waals surface area contributed by atoms with Crippen LogP contribution in [0.1, 0.15) is 31.1 Å². The van der Waals surface area contributed by atoms with Crippen LogP contribution in [0.25, 0.3) is 11.1 Å². The SMILES string of the molecule is CCOC(=O)Cc1ccc(-c2cnn(C)c2NC(=O)O[C@H](C)c2ccccc2)cc1. The van der Waals surface area contributed by atoms with Crippen molar-refractivity contribution in [1.82, 2.24) is 9.78 Å². The highest BCUT2D eigenvalue weighted by Crippen LogP contribution is 2.28. The summed E-state index contributed by atoms with van der Waals surface area (Å²) in [6, 6.07) is 17.0. The van der Waals surface area contributed by atoms with Gasteiger partial charge in [0, 0.05) is 12.6 Å². The molecule has 1 heterocycles. The van der Waals surface area contributed by atoms with Gasteiger partial charge in [-0.05, 0) is 30.5 Å². The molecule has 3 rings (SSSR count). The number of hydrogen-bond acceptors (Lipinski definition) is 5. The first-order valence-corrected chi connectivity index (χ1v) is 9.77. The van der Waals surface area contributed by atoms with E-state index in [1.54, 1.807) is 24.9 Å². The summed E-state index contributed by atoms with van der Waals surface area (Å²) in [5.74, 6) is 0.266. The van der Waals surface area contributed by atoms with Crippen LogP contribution in [0.3, 0.4) is 0 Å². The molecule has 0 radical (unpaired) electrons. The molecule has 0 bridgehead atoms. The quantitative estimate of drug-likeness (QED) is 0.583. The molecule has 1 N–H and O–H groups in total. The van der Waals surface area contributed by atoms with Gasteiger partial charge >= 0.3 is 12.1 Å². The van der Waals surface area contributed by atoms with Crippen molar-refractivity contribution in [2.45, 2.75) is 26.4 Å². The van der Waals surface area contributed by atoms with Crippen LogP contribution in [0.15, 0.2) is 60.8 Å².